The lowest BCUT2D eigenvalue weighted by atomic mass is 9.97. The number of ether oxygens (including phenoxy) is 1. The summed E-state index contributed by atoms with van der Waals surface area (Å²) in [6.45, 7) is 6.95. The van der Waals surface area contributed by atoms with E-state index in [0.717, 1.165) is 12.1 Å². The van der Waals surface area contributed by atoms with Gasteiger partial charge >= 0.3 is 0 Å². The minimum absolute atomic E-state index is 0.0217. The van der Waals surface area contributed by atoms with Gasteiger partial charge in [0, 0.05) is 25.7 Å². The van der Waals surface area contributed by atoms with Gasteiger partial charge in [-0.3, -0.25) is 14.5 Å². The Kier molecular flexibility index (Phi) is 6.87. The van der Waals surface area contributed by atoms with E-state index in [9.17, 15) is 18.4 Å². The molecule has 2 amide bonds. The third kappa shape index (κ3) is 5.50. The zero-order valence-electron chi connectivity index (χ0n) is 21.4. The van der Waals surface area contributed by atoms with Crippen molar-refractivity contribution in [2.45, 2.75) is 32.4 Å². The molecule has 5 rings (SSSR count). The first kappa shape index (κ1) is 26.0. The van der Waals surface area contributed by atoms with Crippen LogP contribution in [0.3, 0.4) is 0 Å². The van der Waals surface area contributed by atoms with Gasteiger partial charge < -0.3 is 15.0 Å². The third-order valence-electron chi connectivity index (χ3n) is 6.48. The maximum atomic E-state index is 13.8. The normalized spacial score (nSPS) is 16.2. The Morgan fingerprint density at radius 2 is 1.90 bits per heavy atom. The number of anilines is 1. The molecule has 1 fully saturated rings. The molecule has 202 valence electrons. The van der Waals surface area contributed by atoms with Gasteiger partial charge in [-0.15, -0.1) is 0 Å². The SMILES string of the molecule is C[C@@H](C(=O)Nc1cnc(Oc2ccc(F)cc2F)cn1)N1CCN(C(=O)c2cn3ncnc3cn2)C(C)(C)C1. The molecule has 0 unspecified atom stereocenters. The number of hydrogen-bond donors (Lipinski definition) is 1. The zero-order chi connectivity index (χ0) is 27.7. The Morgan fingerprint density at radius 3 is 2.62 bits per heavy atom. The highest BCUT2D eigenvalue weighted by Gasteiger charge is 2.40. The van der Waals surface area contributed by atoms with E-state index in [0.29, 0.717) is 31.3 Å². The molecule has 1 aliphatic rings. The summed E-state index contributed by atoms with van der Waals surface area (Å²) in [5, 5.41) is 6.77. The summed E-state index contributed by atoms with van der Waals surface area (Å²) >= 11 is 0. The van der Waals surface area contributed by atoms with Crippen LogP contribution in [-0.4, -0.2) is 82.4 Å². The summed E-state index contributed by atoms with van der Waals surface area (Å²) in [6.07, 6.45) is 6.95. The molecule has 1 saturated heterocycles. The summed E-state index contributed by atoms with van der Waals surface area (Å²) < 4.78 is 33.7. The van der Waals surface area contributed by atoms with E-state index in [-0.39, 0.29) is 35.0 Å². The summed E-state index contributed by atoms with van der Waals surface area (Å²) in [4.78, 5) is 46.3. The Balaban J connectivity index is 1.19. The van der Waals surface area contributed by atoms with E-state index in [4.69, 9.17) is 4.74 Å². The van der Waals surface area contributed by atoms with Crippen molar-refractivity contribution in [2.75, 3.05) is 25.0 Å². The molecular weight excluding hydrogens is 512 g/mol. The van der Waals surface area contributed by atoms with Crippen LogP contribution in [0, 0.1) is 11.6 Å². The number of halogens is 2. The number of amides is 2. The molecule has 3 aromatic heterocycles. The van der Waals surface area contributed by atoms with Crippen molar-refractivity contribution in [2.24, 2.45) is 0 Å². The van der Waals surface area contributed by atoms with Gasteiger partial charge in [-0.25, -0.2) is 33.2 Å². The minimum atomic E-state index is -0.875. The molecule has 0 spiro atoms. The van der Waals surface area contributed by atoms with Crippen molar-refractivity contribution < 1.29 is 23.1 Å². The fourth-order valence-electron chi connectivity index (χ4n) is 4.38. The number of nitrogens with zero attached hydrogens (tertiary/aromatic N) is 8. The van der Waals surface area contributed by atoms with E-state index in [1.165, 1.54) is 29.4 Å². The van der Waals surface area contributed by atoms with Gasteiger partial charge in [0.1, 0.15) is 17.8 Å². The van der Waals surface area contributed by atoms with Gasteiger partial charge in [-0.05, 0) is 32.9 Å². The Labute approximate surface area is 221 Å². The molecule has 39 heavy (non-hydrogen) atoms. The molecule has 0 aliphatic carbocycles. The largest absolute Gasteiger partial charge is 0.434 e. The molecule has 0 saturated carbocycles. The fraction of sp³-hybridized carbons (Fsp3) is 0.320. The third-order valence-corrected chi connectivity index (χ3v) is 6.48. The molecule has 14 heteroatoms. The Morgan fingerprint density at radius 1 is 1.08 bits per heavy atom. The van der Waals surface area contributed by atoms with Crippen molar-refractivity contribution in [3.8, 4) is 11.6 Å². The van der Waals surface area contributed by atoms with Crippen LogP contribution in [0.25, 0.3) is 5.65 Å². The summed E-state index contributed by atoms with van der Waals surface area (Å²) in [5.41, 5.74) is 0.217. The first-order chi connectivity index (χ1) is 18.6. The highest BCUT2D eigenvalue weighted by atomic mass is 19.1. The standard InChI is InChI=1S/C25H25F2N9O3/c1-15(23(37)33-20-9-30-22(11-29-20)39-19-5-4-16(26)8-17(19)27)34-6-7-35(25(2,3)13-34)24(38)18-12-36-21(10-28-18)31-14-32-36/h4-5,8-12,14-15H,6-7,13H2,1-3H3,(H,29,33,37)/t15-/m0/s1. The lowest BCUT2D eigenvalue weighted by Gasteiger charge is -2.48. The lowest BCUT2D eigenvalue weighted by molar-refractivity contribution is -0.122. The number of nitrogens with one attached hydrogen (secondary N) is 1. The van der Waals surface area contributed by atoms with E-state index >= 15 is 0 Å². The number of aromatic nitrogens is 6. The number of hydrogen-bond acceptors (Lipinski definition) is 9. The number of fused-ring (bicyclic) bond motifs is 1. The van der Waals surface area contributed by atoms with Crippen molar-refractivity contribution in [3.05, 3.63) is 66.6 Å². The van der Waals surface area contributed by atoms with Crippen LogP contribution in [0.4, 0.5) is 14.6 Å². The highest BCUT2D eigenvalue weighted by Crippen LogP contribution is 2.26. The number of piperazine rings is 1. The predicted octanol–water partition coefficient (Wildman–Crippen LogP) is 2.55. The van der Waals surface area contributed by atoms with Gasteiger partial charge in [0.05, 0.1) is 36.4 Å². The quantitative estimate of drug-likeness (QED) is 0.394. The van der Waals surface area contributed by atoms with E-state index in [1.807, 2.05) is 18.7 Å². The average Bonchev–Trinajstić information content (AvgIpc) is 3.38. The lowest BCUT2D eigenvalue weighted by Crippen LogP contribution is -2.63. The van der Waals surface area contributed by atoms with Gasteiger partial charge in [0.15, 0.2) is 23.0 Å². The molecule has 0 radical (unpaired) electrons. The van der Waals surface area contributed by atoms with Crippen LogP contribution in [0.1, 0.15) is 31.3 Å². The second-order valence-corrected chi connectivity index (χ2v) is 9.66. The van der Waals surface area contributed by atoms with Crippen LogP contribution in [0.5, 0.6) is 11.6 Å². The van der Waals surface area contributed by atoms with Crippen LogP contribution >= 0.6 is 0 Å². The molecule has 1 atom stereocenters. The smallest absolute Gasteiger partial charge is 0.274 e. The molecule has 4 aromatic rings. The zero-order valence-corrected chi connectivity index (χ0v) is 21.4. The summed E-state index contributed by atoms with van der Waals surface area (Å²) in [6, 6.07) is 2.37. The van der Waals surface area contributed by atoms with Crippen LogP contribution in [0.2, 0.25) is 0 Å². The Bertz CT molecular complexity index is 1530. The topological polar surface area (TPSA) is 131 Å². The van der Waals surface area contributed by atoms with E-state index < -0.39 is 23.2 Å². The maximum absolute atomic E-state index is 13.8. The van der Waals surface area contributed by atoms with Crippen LogP contribution in [-0.2, 0) is 4.79 Å². The van der Waals surface area contributed by atoms with Crippen molar-refractivity contribution in [3.63, 3.8) is 0 Å². The number of benzene rings is 1. The molecule has 12 nitrogen and oxygen atoms in total. The fourth-order valence-corrected chi connectivity index (χ4v) is 4.38. The number of carbonyl (C=O) groups excluding carboxylic acids is 2. The highest BCUT2D eigenvalue weighted by molar-refractivity contribution is 5.94. The first-order valence-electron chi connectivity index (χ1n) is 12.1. The first-order valence-corrected chi connectivity index (χ1v) is 12.1. The predicted molar refractivity (Wildman–Crippen MR) is 134 cm³/mol. The van der Waals surface area contributed by atoms with Crippen molar-refractivity contribution >= 4 is 23.3 Å². The monoisotopic (exact) mass is 537 g/mol. The second kappa shape index (κ2) is 10.3. The number of rotatable bonds is 6. The summed E-state index contributed by atoms with van der Waals surface area (Å²) in [7, 11) is 0. The molecule has 0 bridgehead atoms. The molecule has 4 heterocycles. The van der Waals surface area contributed by atoms with Gasteiger partial charge in [0.25, 0.3) is 5.91 Å². The van der Waals surface area contributed by atoms with E-state index in [2.05, 4.69) is 30.4 Å². The molecule has 1 aliphatic heterocycles. The van der Waals surface area contributed by atoms with Gasteiger partial charge in [-0.2, -0.15) is 5.10 Å². The number of carbonyl (C=O) groups is 2. The van der Waals surface area contributed by atoms with Crippen LogP contribution in [0.15, 0.2) is 49.3 Å². The van der Waals surface area contributed by atoms with Crippen molar-refractivity contribution in [1.82, 2.24) is 39.3 Å². The second-order valence-electron chi connectivity index (χ2n) is 9.66. The Hall–Kier alpha value is -4.59. The minimum Gasteiger partial charge on any atom is -0.434 e. The maximum Gasteiger partial charge on any atom is 0.274 e. The molecule has 1 N–H and O–H groups in total. The molecular formula is C25H25F2N9O3. The average molecular weight is 538 g/mol. The van der Waals surface area contributed by atoms with Crippen molar-refractivity contribution in [1.29, 1.82) is 0 Å². The molecule has 1 aromatic carbocycles. The van der Waals surface area contributed by atoms with Crippen LogP contribution < -0.4 is 10.1 Å². The van der Waals surface area contributed by atoms with Gasteiger partial charge in [0.2, 0.25) is 11.8 Å². The summed E-state index contributed by atoms with van der Waals surface area (Å²) in [5.74, 6) is -2.18. The van der Waals surface area contributed by atoms with E-state index in [1.54, 1.807) is 18.0 Å². The van der Waals surface area contributed by atoms with Gasteiger partial charge in [-0.1, -0.05) is 0 Å².